The lowest BCUT2D eigenvalue weighted by Crippen LogP contribution is -2.09. The number of ether oxygens (including phenoxy) is 1. The van der Waals surface area contributed by atoms with Crippen molar-refractivity contribution >= 4 is 28.6 Å². The van der Waals surface area contributed by atoms with Crippen molar-refractivity contribution < 1.29 is 18.3 Å². The molecule has 0 aliphatic rings. The van der Waals surface area contributed by atoms with Crippen molar-refractivity contribution in [1.82, 2.24) is 4.98 Å². The summed E-state index contributed by atoms with van der Waals surface area (Å²) in [6.07, 6.45) is -1.71. The Balaban J connectivity index is 3.24. The Kier molecular flexibility index (Phi) is 4.74. The summed E-state index contributed by atoms with van der Waals surface area (Å²) in [6, 6.07) is 1.60. The van der Waals surface area contributed by atoms with Crippen molar-refractivity contribution in [1.29, 1.82) is 5.26 Å². The fourth-order valence-electron chi connectivity index (χ4n) is 1.18. The Morgan fingerprint density at radius 2 is 2.35 bits per heavy atom. The molecule has 0 bridgehead atoms. The molecule has 0 aliphatic heterocycles. The van der Waals surface area contributed by atoms with Crippen LogP contribution in [-0.4, -0.2) is 18.1 Å². The Labute approximate surface area is 110 Å². The van der Waals surface area contributed by atoms with Crippen LogP contribution in [0.3, 0.4) is 0 Å². The van der Waals surface area contributed by atoms with Crippen molar-refractivity contribution in [3.05, 3.63) is 26.6 Å². The lowest BCUT2D eigenvalue weighted by molar-refractivity contribution is -0.139. The van der Waals surface area contributed by atoms with Gasteiger partial charge in [-0.3, -0.25) is 4.79 Å². The molecule has 0 aromatic carbocycles. The van der Waals surface area contributed by atoms with Crippen molar-refractivity contribution in [2.45, 2.75) is 12.8 Å². The van der Waals surface area contributed by atoms with Crippen LogP contribution >= 0.6 is 22.6 Å². The van der Waals surface area contributed by atoms with Crippen LogP contribution in [0.2, 0.25) is 0 Å². The van der Waals surface area contributed by atoms with Crippen LogP contribution in [0.4, 0.5) is 8.78 Å². The third-order valence-corrected chi connectivity index (χ3v) is 3.28. The largest absolute Gasteiger partial charge is 0.469 e. The van der Waals surface area contributed by atoms with Crippen LogP contribution in [0.15, 0.2) is 6.20 Å². The molecular weight excluding hydrogens is 345 g/mol. The summed E-state index contributed by atoms with van der Waals surface area (Å²) in [5, 5.41) is 8.67. The predicted octanol–water partition coefficient (Wildman–Crippen LogP) is 2.21. The molecule has 0 atom stereocenters. The van der Waals surface area contributed by atoms with Crippen molar-refractivity contribution in [2.75, 3.05) is 7.11 Å². The van der Waals surface area contributed by atoms with Crippen LogP contribution in [0.25, 0.3) is 0 Å². The summed E-state index contributed by atoms with van der Waals surface area (Å²) in [4.78, 5) is 14.7. The molecule has 1 heterocycles. The monoisotopic (exact) mass is 352 g/mol. The highest BCUT2D eigenvalue weighted by Gasteiger charge is 2.21. The second-order valence-corrected chi connectivity index (χ2v) is 4.10. The number of hydrogen-bond acceptors (Lipinski definition) is 4. The molecule has 1 aromatic heterocycles. The molecule has 1 aromatic rings. The normalized spacial score (nSPS) is 10.1. The van der Waals surface area contributed by atoms with Gasteiger partial charge in [0, 0.05) is 9.77 Å². The molecule has 0 aliphatic carbocycles. The van der Waals surface area contributed by atoms with Gasteiger partial charge >= 0.3 is 5.97 Å². The van der Waals surface area contributed by atoms with Crippen LogP contribution < -0.4 is 0 Å². The number of alkyl halides is 2. The van der Waals surface area contributed by atoms with Gasteiger partial charge in [0.25, 0.3) is 6.43 Å². The highest BCUT2D eigenvalue weighted by Crippen LogP contribution is 2.29. The molecule has 4 nitrogen and oxygen atoms in total. The maximum atomic E-state index is 12.8. The van der Waals surface area contributed by atoms with Gasteiger partial charge < -0.3 is 4.74 Å². The SMILES string of the molecule is COC(=O)Cc1cnc(C#N)c(C(F)F)c1I. The Bertz CT molecular complexity index is 486. The molecule has 0 fully saturated rings. The molecule has 0 radical (unpaired) electrons. The smallest absolute Gasteiger partial charge is 0.310 e. The third kappa shape index (κ3) is 3.09. The number of carbonyl (C=O) groups is 1. The number of pyridine rings is 1. The second-order valence-electron chi connectivity index (χ2n) is 3.03. The highest BCUT2D eigenvalue weighted by molar-refractivity contribution is 14.1. The number of nitriles is 1. The van der Waals surface area contributed by atoms with Gasteiger partial charge in [-0.05, 0) is 28.2 Å². The van der Waals surface area contributed by atoms with Crippen molar-refractivity contribution in [3.8, 4) is 6.07 Å². The average Bonchev–Trinajstić information content (AvgIpc) is 2.30. The van der Waals surface area contributed by atoms with E-state index in [1.807, 2.05) is 0 Å². The summed E-state index contributed by atoms with van der Waals surface area (Å²) >= 11 is 1.68. The van der Waals surface area contributed by atoms with E-state index in [1.165, 1.54) is 13.3 Å². The molecule has 7 heteroatoms. The zero-order valence-corrected chi connectivity index (χ0v) is 10.9. The average molecular weight is 352 g/mol. The van der Waals surface area contributed by atoms with E-state index in [2.05, 4.69) is 9.72 Å². The predicted molar refractivity (Wildman–Crippen MR) is 62.3 cm³/mol. The number of carbonyl (C=O) groups excluding carboxylic acids is 1. The zero-order valence-electron chi connectivity index (χ0n) is 8.71. The minimum Gasteiger partial charge on any atom is -0.469 e. The minimum atomic E-state index is -2.80. The Morgan fingerprint density at radius 1 is 1.71 bits per heavy atom. The lowest BCUT2D eigenvalue weighted by atomic mass is 10.1. The Morgan fingerprint density at radius 3 is 2.82 bits per heavy atom. The third-order valence-electron chi connectivity index (χ3n) is 2.01. The maximum Gasteiger partial charge on any atom is 0.310 e. The molecule has 17 heavy (non-hydrogen) atoms. The summed E-state index contributed by atoms with van der Waals surface area (Å²) in [5.74, 6) is -0.547. The Hall–Kier alpha value is -1.30. The van der Waals surface area contributed by atoms with Crippen molar-refractivity contribution in [2.24, 2.45) is 0 Å². The molecule has 0 saturated heterocycles. The number of rotatable bonds is 3. The standard InChI is InChI=1S/C10H7F2IN2O2/c1-17-7(16)2-5-4-15-6(3-14)8(9(5)13)10(11)12/h4,10H,2H2,1H3. The van der Waals surface area contributed by atoms with Gasteiger partial charge in [-0.2, -0.15) is 5.26 Å². The summed E-state index contributed by atoms with van der Waals surface area (Å²) in [6.45, 7) is 0. The molecule has 0 amide bonds. The van der Waals surface area contributed by atoms with Crippen LogP contribution in [0.1, 0.15) is 23.2 Å². The van der Waals surface area contributed by atoms with E-state index < -0.39 is 18.0 Å². The molecule has 0 unspecified atom stereocenters. The van der Waals surface area contributed by atoms with Gasteiger partial charge in [0.1, 0.15) is 11.8 Å². The molecule has 90 valence electrons. The van der Waals surface area contributed by atoms with Gasteiger partial charge in [-0.25, -0.2) is 13.8 Å². The van der Waals surface area contributed by atoms with E-state index in [4.69, 9.17) is 5.26 Å². The van der Waals surface area contributed by atoms with Crippen LogP contribution in [0.5, 0.6) is 0 Å². The highest BCUT2D eigenvalue weighted by atomic mass is 127. The van der Waals surface area contributed by atoms with Crippen molar-refractivity contribution in [3.63, 3.8) is 0 Å². The fourth-order valence-corrected chi connectivity index (χ4v) is 2.01. The van der Waals surface area contributed by atoms with E-state index in [-0.39, 0.29) is 15.7 Å². The number of methoxy groups -OCH3 is 1. The van der Waals surface area contributed by atoms with Gasteiger partial charge in [0.15, 0.2) is 0 Å². The van der Waals surface area contributed by atoms with Gasteiger partial charge in [0.2, 0.25) is 0 Å². The topological polar surface area (TPSA) is 63.0 Å². The molecule has 1 rings (SSSR count). The summed E-state index contributed by atoms with van der Waals surface area (Å²) in [7, 11) is 1.21. The summed E-state index contributed by atoms with van der Waals surface area (Å²) < 4.78 is 30.1. The first-order valence-electron chi connectivity index (χ1n) is 4.43. The zero-order chi connectivity index (χ0) is 13.0. The van der Waals surface area contributed by atoms with E-state index in [1.54, 1.807) is 28.7 Å². The first-order chi connectivity index (χ1) is 8.01. The number of aromatic nitrogens is 1. The quantitative estimate of drug-likeness (QED) is 0.618. The molecule has 0 spiro atoms. The molecular formula is C10H7F2IN2O2. The molecule has 0 saturated carbocycles. The minimum absolute atomic E-state index is 0.146. The van der Waals surface area contributed by atoms with Gasteiger partial charge in [0.05, 0.1) is 19.1 Å². The van der Waals surface area contributed by atoms with Crippen LogP contribution in [-0.2, 0) is 16.0 Å². The van der Waals surface area contributed by atoms with Gasteiger partial charge in [-0.15, -0.1) is 0 Å². The number of nitrogens with zero attached hydrogens (tertiary/aromatic N) is 2. The number of hydrogen-bond donors (Lipinski definition) is 0. The fraction of sp³-hybridized carbons (Fsp3) is 0.300. The van der Waals surface area contributed by atoms with E-state index >= 15 is 0 Å². The van der Waals surface area contributed by atoms with E-state index in [0.717, 1.165) is 0 Å². The van der Waals surface area contributed by atoms with Gasteiger partial charge in [-0.1, -0.05) is 0 Å². The lowest BCUT2D eigenvalue weighted by Gasteiger charge is -2.09. The summed E-state index contributed by atoms with van der Waals surface area (Å²) in [5.41, 5.74) is -0.431. The first-order valence-corrected chi connectivity index (χ1v) is 5.51. The van der Waals surface area contributed by atoms with E-state index in [0.29, 0.717) is 5.56 Å². The first kappa shape index (κ1) is 13.8. The maximum absolute atomic E-state index is 12.8. The van der Waals surface area contributed by atoms with E-state index in [9.17, 15) is 13.6 Å². The number of halogens is 3. The second kappa shape index (κ2) is 5.86. The van der Waals surface area contributed by atoms with Crippen LogP contribution in [0, 0.1) is 14.9 Å². The molecule has 0 N–H and O–H groups in total. The number of esters is 1.